The molecule has 1 fully saturated rings. The highest BCUT2D eigenvalue weighted by atomic mass is 15.4. The van der Waals surface area contributed by atoms with E-state index in [-0.39, 0.29) is 12.0 Å². The molecule has 0 N–H and O–H groups in total. The summed E-state index contributed by atoms with van der Waals surface area (Å²) in [5.74, 6) is 2.59. The van der Waals surface area contributed by atoms with Crippen LogP contribution in [0.3, 0.4) is 0 Å². The van der Waals surface area contributed by atoms with E-state index in [1.807, 2.05) is 18.5 Å². The van der Waals surface area contributed by atoms with Crippen molar-refractivity contribution in [3.05, 3.63) is 11.6 Å². The van der Waals surface area contributed by atoms with Crippen LogP contribution in [0.15, 0.2) is 0 Å². The molecule has 98 valence electrons. The maximum absolute atomic E-state index is 9.33. The van der Waals surface area contributed by atoms with E-state index in [1.54, 1.807) is 0 Å². The fourth-order valence-corrected chi connectivity index (χ4v) is 3.17. The Morgan fingerprint density at radius 1 is 1.39 bits per heavy atom. The van der Waals surface area contributed by atoms with Gasteiger partial charge < -0.3 is 0 Å². The Hall–Kier alpha value is -1.37. The Morgan fingerprint density at radius 2 is 2.17 bits per heavy atom. The van der Waals surface area contributed by atoms with E-state index in [0.29, 0.717) is 0 Å². The molecular weight excluding hydrogens is 224 g/mol. The second-order valence-corrected chi connectivity index (χ2v) is 5.42. The first-order valence-electron chi connectivity index (χ1n) is 6.95. The van der Waals surface area contributed by atoms with Crippen molar-refractivity contribution >= 4 is 0 Å². The van der Waals surface area contributed by atoms with Gasteiger partial charge in [-0.05, 0) is 39.0 Å². The molecule has 0 saturated heterocycles. The molecule has 0 bridgehead atoms. The van der Waals surface area contributed by atoms with E-state index in [2.05, 4.69) is 23.1 Å². The van der Waals surface area contributed by atoms with Crippen molar-refractivity contribution in [1.29, 1.82) is 5.26 Å². The van der Waals surface area contributed by atoms with Gasteiger partial charge in [0.05, 0.1) is 18.0 Å². The summed E-state index contributed by atoms with van der Waals surface area (Å²) in [6.45, 7) is 6.13. The van der Waals surface area contributed by atoms with Crippen molar-refractivity contribution in [3.63, 3.8) is 0 Å². The topological polar surface area (TPSA) is 54.5 Å². The lowest BCUT2D eigenvalue weighted by Gasteiger charge is -2.33. The highest BCUT2D eigenvalue weighted by Crippen LogP contribution is 2.38. The highest BCUT2D eigenvalue weighted by molar-refractivity contribution is 4.99. The summed E-state index contributed by atoms with van der Waals surface area (Å²) in [4.78, 5) is 4.37. The smallest absolute Gasteiger partial charge is 0.147 e. The first-order chi connectivity index (χ1) is 8.65. The zero-order valence-corrected chi connectivity index (χ0v) is 11.6. The molecule has 1 saturated carbocycles. The third kappa shape index (κ3) is 2.55. The minimum Gasteiger partial charge on any atom is -0.246 e. The van der Waals surface area contributed by atoms with Crippen LogP contribution in [0.4, 0.5) is 0 Å². The van der Waals surface area contributed by atoms with E-state index >= 15 is 0 Å². The van der Waals surface area contributed by atoms with Gasteiger partial charge in [-0.25, -0.2) is 9.67 Å². The summed E-state index contributed by atoms with van der Waals surface area (Å²) in [6.07, 6.45) is 5.76. The molecule has 4 heteroatoms. The van der Waals surface area contributed by atoms with Crippen molar-refractivity contribution in [2.24, 2.45) is 11.8 Å². The van der Waals surface area contributed by atoms with Crippen LogP contribution < -0.4 is 0 Å². The van der Waals surface area contributed by atoms with Crippen LogP contribution >= 0.6 is 0 Å². The molecule has 0 spiro atoms. The molecule has 4 nitrogen and oxygen atoms in total. The molecule has 18 heavy (non-hydrogen) atoms. The third-order valence-corrected chi connectivity index (χ3v) is 4.01. The van der Waals surface area contributed by atoms with Crippen LogP contribution in [-0.4, -0.2) is 14.8 Å². The molecule has 2 rings (SSSR count). The predicted molar refractivity (Wildman–Crippen MR) is 69.9 cm³/mol. The standard InChI is InChI=1S/C14H22N4/c1-4-5-12-6-7-13(9-15)14(8-12)18-11(3)16-10(2)17-18/h12-14H,4-8H2,1-3H3. The van der Waals surface area contributed by atoms with Gasteiger partial charge in [0, 0.05) is 0 Å². The van der Waals surface area contributed by atoms with Gasteiger partial charge in [0.1, 0.15) is 11.6 Å². The molecule has 0 amide bonds. The number of aryl methyl sites for hydroxylation is 2. The van der Waals surface area contributed by atoms with Crippen molar-refractivity contribution in [2.45, 2.75) is 58.9 Å². The van der Waals surface area contributed by atoms with Gasteiger partial charge in [0.15, 0.2) is 0 Å². The monoisotopic (exact) mass is 246 g/mol. The number of rotatable bonds is 3. The normalized spacial score (nSPS) is 28.0. The molecule has 1 aromatic rings. The fourth-order valence-electron chi connectivity index (χ4n) is 3.17. The van der Waals surface area contributed by atoms with Crippen LogP contribution in [0, 0.1) is 37.0 Å². The number of hydrogen-bond donors (Lipinski definition) is 0. The summed E-state index contributed by atoms with van der Waals surface area (Å²) < 4.78 is 1.99. The van der Waals surface area contributed by atoms with E-state index in [4.69, 9.17) is 0 Å². The zero-order valence-electron chi connectivity index (χ0n) is 11.6. The lowest BCUT2D eigenvalue weighted by atomic mass is 9.77. The molecule has 3 atom stereocenters. The molecule has 1 heterocycles. The van der Waals surface area contributed by atoms with Gasteiger partial charge in [-0.1, -0.05) is 19.8 Å². The maximum atomic E-state index is 9.33. The fraction of sp³-hybridized carbons (Fsp3) is 0.786. The molecule has 0 aromatic carbocycles. The lowest BCUT2D eigenvalue weighted by molar-refractivity contribution is 0.196. The van der Waals surface area contributed by atoms with Crippen molar-refractivity contribution in [1.82, 2.24) is 14.8 Å². The molecule has 0 radical (unpaired) electrons. The van der Waals surface area contributed by atoms with Gasteiger partial charge in [0.25, 0.3) is 0 Å². The molecule has 3 unspecified atom stereocenters. The predicted octanol–water partition coefficient (Wildman–Crippen LogP) is 3.18. The second kappa shape index (κ2) is 5.51. The minimum absolute atomic E-state index is 0.0953. The van der Waals surface area contributed by atoms with Gasteiger partial charge in [-0.2, -0.15) is 10.4 Å². The van der Waals surface area contributed by atoms with Gasteiger partial charge in [-0.3, -0.25) is 0 Å². The summed E-state index contributed by atoms with van der Waals surface area (Å²) in [5, 5.41) is 13.8. The van der Waals surface area contributed by atoms with Crippen molar-refractivity contribution < 1.29 is 0 Å². The minimum atomic E-state index is 0.0953. The van der Waals surface area contributed by atoms with E-state index < -0.39 is 0 Å². The molecule has 1 aliphatic rings. The quantitative estimate of drug-likeness (QED) is 0.823. The van der Waals surface area contributed by atoms with Crippen LogP contribution in [0.1, 0.15) is 56.7 Å². The third-order valence-electron chi connectivity index (χ3n) is 4.01. The number of nitriles is 1. The van der Waals surface area contributed by atoms with Gasteiger partial charge in [-0.15, -0.1) is 0 Å². The SMILES string of the molecule is CCCC1CCC(C#N)C(n2nc(C)nc2C)C1. The van der Waals surface area contributed by atoms with E-state index in [9.17, 15) is 5.26 Å². The largest absolute Gasteiger partial charge is 0.246 e. The Kier molecular flexibility index (Phi) is 4.00. The van der Waals surface area contributed by atoms with Crippen LogP contribution in [-0.2, 0) is 0 Å². The average Bonchev–Trinajstić information content (AvgIpc) is 2.69. The Morgan fingerprint density at radius 3 is 2.72 bits per heavy atom. The van der Waals surface area contributed by atoms with Gasteiger partial charge >= 0.3 is 0 Å². The zero-order chi connectivity index (χ0) is 13.1. The van der Waals surface area contributed by atoms with Gasteiger partial charge in [0.2, 0.25) is 0 Å². The van der Waals surface area contributed by atoms with E-state index in [0.717, 1.165) is 30.4 Å². The van der Waals surface area contributed by atoms with Crippen molar-refractivity contribution in [2.75, 3.05) is 0 Å². The van der Waals surface area contributed by atoms with Crippen LogP contribution in [0.25, 0.3) is 0 Å². The van der Waals surface area contributed by atoms with Crippen LogP contribution in [0.2, 0.25) is 0 Å². The van der Waals surface area contributed by atoms with Crippen molar-refractivity contribution in [3.8, 4) is 6.07 Å². The molecular formula is C14H22N4. The molecule has 1 aromatic heterocycles. The molecule has 1 aliphatic carbocycles. The Balaban J connectivity index is 2.21. The van der Waals surface area contributed by atoms with Crippen LogP contribution in [0.5, 0.6) is 0 Å². The number of hydrogen-bond acceptors (Lipinski definition) is 3. The number of aromatic nitrogens is 3. The summed E-state index contributed by atoms with van der Waals surface area (Å²) in [6, 6.07) is 2.69. The summed E-state index contributed by atoms with van der Waals surface area (Å²) >= 11 is 0. The maximum Gasteiger partial charge on any atom is 0.147 e. The second-order valence-electron chi connectivity index (χ2n) is 5.42. The van der Waals surface area contributed by atoms with E-state index in [1.165, 1.54) is 19.3 Å². The Labute approximate surface area is 109 Å². The average molecular weight is 246 g/mol. The Bertz CT molecular complexity index is 443. The first kappa shape index (κ1) is 13.1. The summed E-state index contributed by atoms with van der Waals surface area (Å²) in [5.41, 5.74) is 0. The first-order valence-corrected chi connectivity index (χ1v) is 6.95. The molecule has 0 aliphatic heterocycles. The summed E-state index contributed by atoms with van der Waals surface area (Å²) in [7, 11) is 0. The highest BCUT2D eigenvalue weighted by Gasteiger charge is 2.32. The number of nitrogens with zero attached hydrogens (tertiary/aromatic N) is 4. The lowest BCUT2D eigenvalue weighted by Crippen LogP contribution is -2.28.